The number of nitrogens with one attached hydrogen (secondary N) is 2. The number of aliphatic imine (C=N–C) groups is 1. The minimum atomic E-state index is -0.544. The predicted octanol–water partition coefficient (Wildman–Crippen LogP) is 1.38. The molecule has 0 radical (unpaired) electrons. The summed E-state index contributed by atoms with van der Waals surface area (Å²) in [6.45, 7) is 8.57. The van der Waals surface area contributed by atoms with Gasteiger partial charge in [0.05, 0.1) is 18.1 Å². The first kappa shape index (κ1) is 19.1. The second-order valence-corrected chi connectivity index (χ2v) is 6.82. The number of rotatable bonds is 7. The van der Waals surface area contributed by atoms with E-state index in [1.165, 1.54) is 16.7 Å². The van der Waals surface area contributed by atoms with Crippen molar-refractivity contribution in [2.45, 2.75) is 26.0 Å². The third-order valence-electron chi connectivity index (χ3n) is 4.17. The molecule has 0 saturated heterocycles. The lowest BCUT2D eigenvalue weighted by Crippen LogP contribution is -2.42. The highest BCUT2D eigenvalue weighted by Crippen LogP contribution is 2.20. The van der Waals surface area contributed by atoms with Crippen LogP contribution in [0.15, 0.2) is 35.5 Å². The van der Waals surface area contributed by atoms with E-state index in [2.05, 4.69) is 46.9 Å². The highest BCUT2D eigenvalue weighted by atomic mass is 16.3. The van der Waals surface area contributed by atoms with Gasteiger partial charge in [-0.05, 0) is 24.5 Å². The summed E-state index contributed by atoms with van der Waals surface area (Å²) < 4.78 is 0. The summed E-state index contributed by atoms with van der Waals surface area (Å²) in [5.41, 5.74) is 4.38. The Labute approximate surface area is 150 Å². The van der Waals surface area contributed by atoms with Crippen molar-refractivity contribution in [3.63, 3.8) is 0 Å². The van der Waals surface area contributed by atoms with Gasteiger partial charge in [-0.25, -0.2) is 4.99 Å². The molecule has 0 aliphatic carbocycles. The Hall–Kier alpha value is -2.18. The normalized spacial score (nSPS) is 15.7. The SMILES string of the molecule is C=C(/N=C\N(C)C)C(=N)NCC(O)CN1CCc2ccc(C)cc2C1. The average Bonchev–Trinajstić information content (AvgIpc) is 2.57. The van der Waals surface area contributed by atoms with E-state index in [-0.39, 0.29) is 5.84 Å². The number of hydrogen-bond acceptors (Lipinski definition) is 4. The van der Waals surface area contributed by atoms with E-state index in [9.17, 15) is 5.11 Å². The first-order valence-electron chi connectivity index (χ1n) is 8.56. The van der Waals surface area contributed by atoms with E-state index < -0.39 is 6.10 Å². The summed E-state index contributed by atoms with van der Waals surface area (Å²) in [6, 6.07) is 6.60. The van der Waals surface area contributed by atoms with Crippen molar-refractivity contribution in [1.82, 2.24) is 15.1 Å². The standard InChI is InChI=1S/C19H29N5O/c1-14-5-6-16-7-8-24(11-17(16)9-14)12-18(25)10-21-19(20)15(2)22-13-23(3)4/h5-6,9,13,18,25H,2,7-8,10-12H2,1,3-4H3,(H2,20,21)/b22-13-. The monoisotopic (exact) mass is 343 g/mol. The molecule has 0 spiro atoms. The van der Waals surface area contributed by atoms with Gasteiger partial charge in [-0.2, -0.15) is 0 Å². The van der Waals surface area contributed by atoms with Gasteiger partial charge in [-0.3, -0.25) is 10.3 Å². The van der Waals surface area contributed by atoms with Crippen LogP contribution in [-0.2, 0) is 13.0 Å². The molecule has 0 amide bonds. The van der Waals surface area contributed by atoms with Crippen LogP contribution in [0.2, 0.25) is 0 Å². The van der Waals surface area contributed by atoms with Crippen molar-refractivity contribution in [2.24, 2.45) is 4.99 Å². The number of benzene rings is 1. The fourth-order valence-corrected chi connectivity index (χ4v) is 2.83. The molecule has 1 aliphatic heterocycles. The number of aliphatic hydroxyl groups excluding tert-OH is 1. The molecule has 3 N–H and O–H groups in total. The zero-order valence-electron chi connectivity index (χ0n) is 15.4. The smallest absolute Gasteiger partial charge is 0.143 e. The lowest BCUT2D eigenvalue weighted by atomic mass is 9.97. The van der Waals surface area contributed by atoms with Gasteiger partial charge in [0.15, 0.2) is 0 Å². The molecule has 1 atom stereocenters. The van der Waals surface area contributed by atoms with Crippen molar-refractivity contribution >= 4 is 12.2 Å². The molecule has 0 bridgehead atoms. The molecule has 0 saturated carbocycles. The first-order chi connectivity index (χ1) is 11.8. The molecule has 1 unspecified atom stereocenters. The second-order valence-electron chi connectivity index (χ2n) is 6.82. The molecule has 6 nitrogen and oxygen atoms in total. The number of nitrogens with zero attached hydrogens (tertiary/aromatic N) is 3. The van der Waals surface area contributed by atoms with Crippen molar-refractivity contribution in [1.29, 1.82) is 5.41 Å². The summed E-state index contributed by atoms with van der Waals surface area (Å²) in [5.74, 6) is 0.136. The Morgan fingerprint density at radius 3 is 2.96 bits per heavy atom. The molecule has 136 valence electrons. The van der Waals surface area contributed by atoms with E-state index in [1.807, 2.05) is 14.1 Å². The zero-order chi connectivity index (χ0) is 18.4. The van der Waals surface area contributed by atoms with E-state index in [0.717, 1.165) is 19.5 Å². The fourth-order valence-electron chi connectivity index (χ4n) is 2.83. The lowest BCUT2D eigenvalue weighted by Gasteiger charge is -2.30. The predicted molar refractivity (Wildman–Crippen MR) is 103 cm³/mol. The van der Waals surface area contributed by atoms with Gasteiger partial charge in [-0.1, -0.05) is 30.3 Å². The van der Waals surface area contributed by atoms with Gasteiger partial charge in [0.1, 0.15) is 5.84 Å². The summed E-state index contributed by atoms with van der Waals surface area (Å²) in [7, 11) is 3.71. The lowest BCUT2D eigenvalue weighted by molar-refractivity contribution is 0.108. The number of amidine groups is 1. The summed E-state index contributed by atoms with van der Waals surface area (Å²) in [4.78, 5) is 8.12. The van der Waals surface area contributed by atoms with Crippen molar-refractivity contribution in [3.8, 4) is 0 Å². The number of β-amino-alcohol motifs (C(OH)–C–C–N with tert-alkyl or cyclic N) is 1. The van der Waals surface area contributed by atoms with Crippen LogP contribution in [0.1, 0.15) is 16.7 Å². The third-order valence-corrected chi connectivity index (χ3v) is 4.17. The van der Waals surface area contributed by atoms with Crippen LogP contribution >= 0.6 is 0 Å². The van der Waals surface area contributed by atoms with Crippen LogP contribution in [0.3, 0.4) is 0 Å². The molecule has 25 heavy (non-hydrogen) atoms. The Morgan fingerprint density at radius 2 is 2.24 bits per heavy atom. The molecule has 1 aromatic carbocycles. The molecule has 1 aromatic rings. The summed E-state index contributed by atoms with van der Waals surface area (Å²) in [5, 5.41) is 21.1. The number of aliphatic hydroxyl groups is 1. The van der Waals surface area contributed by atoms with E-state index in [0.29, 0.717) is 18.8 Å². The minimum Gasteiger partial charge on any atom is -0.390 e. The molecule has 0 aromatic heterocycles. The minimum absolute atomic E-state index is 0.136. The zero-order valence-corrected chi connectivity index (χ0v) is 15.4. The van der Waals surface area contributed by atoms with Crippen LogP contribution in [0.25, 0.3) is 0 Å². The van der Waals surface area contributed by atoms with E-state index in [4.69, 9.17) is 5.41 Å². The molecule has 2 rings (SSSR count). The van der Waals surface area contributed by atoms with Crippen LogP contribution in [-0.4, -0.2) is 66.9 Å². The maximum absolute atomic E-state index is 10.3. The van der Waals surface area contributed by atoms with Gasteiger partial charge in [0.2, 0.25) is 0 Å². The highest BCUT2D eigenvalue weighted by Gasteiger charge is 2.19. The molecular weight excluding hydrogens is 314 g/mol. The second kappa shape index (κ2) is 8.78. The van der Waals surface area contributed by atoms with Crippen molar-refractivity contribution < 1.29 is 5.11 Å². The van der Waals surface area contributed by atoms with Gasteiger partial charge in [-0.15, -0.1) is 0 Å². The Morgan fingerprint density at radius 1 is 1.48 bits per heavy atom. The Balaban J connectivity index is 1.78. The van der Waals surface area contributed by atoms with Gasteiger partial charge in [0.25, 0.3) is 0 Å². The summed E-state index contributed by atoms with van der Waals surface area (Å²) in [6.07, 6.45) is 2.07. The third kappa shape index (κ3) is 5.99. The van der Waals surface area contributed by atoms with Gasteiger partial charge >= 0.3 is 0 Å². The quantitative estimate of drug-likeness (QED) is 0.517. The largest absolute Gasteiger partial charge is 0.390 e. The van der Waals surface area contributed by atoms with Crippen molar-refractivity contribution in [3.05, 3.63) is 47.2 Å². The number of fused-ring (bicyclic) bond motifs is 1. The van der Waals surface area contributed by atoms with Crippen LogP contribution in [0.4, 0.5) is 0 Å². The maximum atomic E-state index is 10.3. The first-order valence-corrected chi connectivity index (χ1v) is 8.56. The summed E-state index contributed by atoms with van der Waals surface area (Å²) >= 11 is 0. The fraction of sp³-hybridized carbons (Fsp3) is 0.474. The molecule has 0 fully saturated rings. The maximum Gasteiger partial charge on any atom is 0.143 e. The molecule has 1 heterocycles. The highest BCUT2D eigenvalue weighted by molar-refractivity contribution is 5.95. The Kier molecular flexibility index (Phi) is 6.73. The van der Waals surface area contributed by atoms with E-state index in [1.54, 1.807) is 11.2 Å². The van der Waals surface area contributed by atoms with Crippen LogP contribution in [0, 0.1) is 12.3 Å². The molecular formula is C19H29N5O. The van der Waals surface area contributed by atoms with Crippen LogP contribution in [0.5, 0.6) is 0 Å². The average molecular weight is 343 g/mol. The number of aryl methyl sites for hydroxylation is 1. The van der Waals surface area contributed by atoms with Crippen LogP contribution < -0.4 is 5.32 Å². The molecule has 1 aliphatic rings. The van der Waals surface area contributed by atoms with Crippen molar-refractivity contribution in [2.75, 3.05) is 33.7 Å². The Bertz CT molecular complexity index is 653. The van der Waals surface area contributed by atoms with E-state index >= 15 is 0 Å². The topological polar surface area (TPSA) is 75.0 Å². The number of hydrogen-bond donors (Lipinski definition) is 3. The van der Waals surface area contributed by atoms with Gasteiger partial charge in [0, 0.05) is 40.3 Å². The van der Waals surface area contributed by atoms with Gasteiger partial charge < -0.3 is 15.3 Å². The molecule has 6 heteroatoms.